The topological polar surface area (TPSA) is 57.9 Å². The molecular formula is C23H33N3O3. The fourth-order valence-electron chi connectivity index (χ4n) is 4.51. The van der Waals surface area contributed by atoms with E-state index in [2.05, 4.69) is 41.8 Å². The van der Waals surface area contributed by atoms with Crippen LogP contribution >= 0.6 is 0 Å². The quantitative estimate of drug-likeness (QED) is 0.734. The molecule has 1 aromatic heterocycles. The summed E-state index contributed by atoms with van der Waals surface area (Å²) in [4.78, 5) is 16.4. The molecule has 1 N–H and O–H groups in total. The van der Waals surface area contributed by atoms with Gasteiger partial charge in [-0.3, -0.25) is 4.90 Å². The van der Waals surface area contributed by atoms with E-state index in [1.165, 1.54) is 5.69 Å². The summed E-state index contributed by atoms with van der Waals surface area (Å²) in [7, 11) is 3.74. The molecule has 6 nitrogen and oxygen atoms in total. The summed E-state index contributed by atoms with van der Waals surface area (Å²) in [6.07, 6.45) is 4.50. The molecule has 1 amide bonds. The van der Waals surface area contributed by atoms with Gasteiger partial charge in [0.1, 0.15) is 0 Å². The first-order valence-corrected chi connectivity index (χ1v) is 10.4. The van der Waals surface area contributed by atoms with E-state index in [0.717, 1.165) is 56.6 Å². The largest absolute Gasteiger partial charge is 0.465 e. The highest BCUT2D eigenvalue weighted by Crippen LogP contribution is 2.36. The highest BCUT2D eigenvalue weighted by Gasteiger charge is 2.44. The van der Waals surface area contributed by atoms with Crippen LogP contribution in [0.25, 0.3) is 0 Å². The van der Waals surface area contributed by atoms with Crippen molar-refractivity contribution in [2.75, 3.05) is 38.3 Å². The zero-order chi connectivity index (χ0) is 20.9. The summed E-state index contributed by atoms with van der Waals surface area (Å²) in [6.45, 7) is 5.19. The van der Waals surface area contributed by atoms with Crippen LogP contribution in [-0.4, -0.2) is 59.6 Å². The SMILES string of the molecule is CCc1ccccc1N(C(=O)O)C1(COC)CCN(CCc2cccn2C)CC1. The molecule has 0 unspecified atom stereocenters. The van der Waals surface area contributed by atoms with E-state index in [-0.39, 0.29) is 0 Å². The number of nitrogens with zero attached hydrogens (tertiary/aromatic N) is 3. The molecule has 6 heteroatoms. The van der Waals surface area contributed by atoms with Crippen molar-refractivity contribution >= 4 is 11.8 Å². The van der Waals surface area contributed by atoms with Crippen molar-refractivity contribution in [2.24, 2.45) is 7.05 Å². The number of hydrogen-bond donors (Lipinski definition) is 1. The molecule has 1 aliphatic heterocycles. The number of ether oxygens (including phenoxy) is 1. The Balaban J connectivity index is 1.77. The van der Waals surface area contributed by atoms with Crippen molar-refractivity contribution in [2.45, 2.75) is 38.1 Å². The average molecular weight is 400 g/mol. The zero-order valence-electron chi connectivity index (χ0n) is 17.8. The first kappa shape index (κ1) is 21.4. The molecule has 2 aromatic rings. The van der Waals surface area contributed by atoms with Gasteiger partial charge in [-0.05, 0) is 43.0 Å². The maximum Gasteiger partial charge on any atom is 0.412 e. The fraction of sp³-hybridized carbons (Fsp3) is 0.522. The number of aromatic nitrogens is 1. The van der Waals surface area contributed by atoms with E-state index in [9.17, 15) is 9.90 Å². The normalized spacial score (nSPS) is 16.7. The Hall–Kier alpha value is -2.31. The third-order valence-electron chi connectivity index (χ3n) is 6.21. The van der Waals surface area contributed by atoms with Crippen LogP contribution in [0.3, 0.4) is 0 Å². The van der Waals surface area contributed by atoms with Gasteiger partial charge >= 0.3 is 6.09 Å². The number of hydrogen-bond acceptors (Lipinski definition) is 3. The van der Waals surface area contributed by atoms with E-state index in [0.29, 0.717) is 6.61 Å². The van der Waals surface area contributed by atoms with Crippen LogP contribution in [0.1, 0.15) is 31.0 Å². The first-order chi connectivity index (χ1) is 14.0. The fourth-order valence-corrected chi connectivity index (χ4v) is 4.51. The Kier molecular flexibility index (Phi) is 6.98. The summed E-state index contributed by atoms with van der Waals surface area (Å²) >= 11 is 0. The van der Waals surface area contributed by atoms with E-state index in [1.807, 2.05) is 24.3 Å². The van der Waals surface area contributed by atoms with Gasteiger partial charge < -0.3 is 19.3 Å². The van der Waals surface area contributed by atoms with Crippen LogP contribution in [0.5, 0.6) is 0 Å². The van der Waals surface area contributed by atoms with E-state index >= 15 is 0 Å². The van der Waals surface area contributed by atoms with Gasteiger partial charge in [-0.1, -0.05) is 25.1 Å². The van der Waals surface area contributed by atoms with Gasteiger partial charge in [0, 0.05) is 52.1 Å². The molecule has 29 heavy (non-hydrogen) atoms. The minimum Gasteiger partial charge on any atom is -0.465 e. The lowest BCUT2D eigenvalue weighted by atomic mass is 9.85. The lowest BCUT2D eigenvalue weighted by Gasteiger charge is -2.47. The van der Waals surface area contributed by atoms with E-state index in [1.54, 1.807) is 12.0 Å². The zero-order valence-corrected chi connectivity index (χ0v) is 17.8. The maximum absolute atomic E-state index is 12.4. The minimum atomic E-state index is -0.903. The standard InChI is InChI=1S/C23H33N3O3/c1-4-19-8-5-6-10-21(19)26(22(27)28)23(18-29-3)12-16-25(17-13-23)15-11-20-9-7-14-24(20)2/h5-10,14H,4,11-13,15-18H2,1-3H3,(H,27,28). The van der Waals surface area contributed by atoms with Gasteiger partial charge in [0.2, 0.25) is 0 Å². The van der Waals surface area contributed by atoms with Gasteiger partial charge in [0.15, 0.2) is 0 Å². The Labute approximate surface area is 173 Å². The molecule has 3 rings (SSSR count). The molecular weight excluding hydrogens is 366 g/mol. The second-order valence-corrected chi connectivity index (χ2v) is 7.96. The van der Waals surface area contributed by atoms with Crippen molar-refractivity contribution < 1.29 is 14.6 Å². The number of likely N-dealkylation sites (tertiary alicyclic amines) is 1. The molecule has 1 saturated heterocycles. The summed E-state index contributed by atoms with van der Waals surface area (Å²) in [5, 5.41) is 10.2. The summed E-state index contributed by atoms with van der Waals surface area (Å²) in [5.41, 5.74) is 2.63. The number of carboxylic acid groups (broad SMARTS) is 1. The number of para-hydroxylation sites is 1. The monoisotopic (exact) mass is 399 g/mol. The first-order valence-electron chi connectivity index (χ1n) is 10.4. The van der Waals surface area contributed by atoms with Crippen LogP contribution in [0.15, 0.2) is 42.6 Å². The third-order valence-corrected chi connectivity index (χ3v) is 6.21. The number of amides is 1. The lowest BCUT2D eigenvalue weighted by molar-refractivity contribution is 0.0703. The molecule has 0 spiro atoms. The second-order valence-electron chi connectivity index (χ2n) is 7.96. The number of anilines is 1. The molecule has 0 aliphatic carbocycles. The van der Waals surface area contributed by atoms with Crippen molar-refractivity contribution in [3.63, 3.8) is 0 Å². The molecule has 0 saturated carbocycles. The van der Waals surface area contributed by atoms with Gasteiger partial charge in [-0.2, -0.15) is 0 Å². The predicted octanol–water partition coefficient (Wildman–Crippen LogP) is 3.80. The molecule has 2 heterocycles. The number of piperidine rings is 1. The molecule has 158 valence electrons. The number of aryl methyl sites for hydroxylation is 2. The number of rotatable bonds is 8. The van der Waals surface area contributed by atoms with Gasteiger partial charge in [0.05, 0.1) is 17.8 Å². The highest BCUT2D eigenvalue weighted by atomic mass is 16.5. The summed E-state index contributed by atoms with van der Waals surface area (Å²) in [5.74, 6) is 0. The number of methoxy groups -OCH3 is 1. The highest BCUT2D eigenvalue weighted by molar-refractivity contribution is 5.89. The molecule has 1 fully saturated rings. The lowest BCUT2D eigenvalue weighted by Crippen LogP contribution is -2.60. The predicted molar refractivity (Wildman–Crippen MR) is 116 cm³/mol. The smallest absolute Gasteiger partial charge is 0.412 e. The number of carbonyl (C=O) groups is 1. The van der Waals surface area contributed by atoms with Crippen LogP contribution in [0, 0.1) is 0 Å². The Morgan fingerprint density at radius 2 is 1.93 bits per heavy atom. The molecule has 0 atom stereocenters. The van der Waals surface area contributed by atoms with Crippen molar-refractivity contribution in [3.8, 4) is 0 Å². The van der Waals surface area contributed by atoms with E-state index in [4.69, 9.17) is 4.74 Å². The maximum atomic E-state index is 12.4. The van der Waals surface area contributed by atoms with Crippen LogP contribution < -0.4 is 4.90 Å². The second kappa shape index (κ2) is 9.46. The minimum absolute atomic E-state index is 0.406. The van der Waals surface area contributed by atoms with Gasteiger partial charge in [0.25, 0.3) is 0 Å². The molecule has 0 radical (unpaired) electrons. The van der Waals surface area contributed by atoms with Crippen LogP contribution in [0.2, 0.25) is 0 Å². The molecule has 1 aromatic carbocycles. The Morgan fingerprint density at radius 3 is 2.52 bits per heavy atom. The Morgan fingerprint density at radius 1 is 1.21 bits per heavy atom. The molecule has 1 aliphatic rings. The summed E-state index contributed by atoms with van der Waals surface area (Å²) < 4.78 is 7.71. The van der Waals surface area contributed by atoms with Crippen LogP contribution in [0.4, 0.5) is 10.5 Å². The third kappa shape index (κ3) is 4.65. The Bertz CT molecular complexity index is 809. The van der Waals surface area contributed by atoms with Crippen molar-refractivity contribution in [1.29, 1.82) is 0 Å². The number of benzene rings is 1. The van der Waals surface area contributed by atoms with E-state index < -0.39 is 11.6 Å². The van der Waals surface area contributed by atoms with Crippen molar-refractivity contribution in [1.82, 2.24) is 9.47 Å². The summed E-state index contributed by atoms with van der Waals surface area (Å²) in [6, 6.07) is 12.1. The van der Waals surface area contributed by atoms with Gasteiger partial charge in [-0.15, -0.1) is 0 Å². The average Bonchev–Trinajstić information content (AvgIpc) is 3.13. The van der Waals surface area contributed by atoms with Gasteiger partial charge in [-0.25, -0.2) is 4.79 Å². The van der Waals surface area contributed by atoms with Crippen molar-refractivity contribution in [3.05, 3.63) is 53.9 Å². The van der Waals surface area contributed by atoms with Crippen LogP contribution in [-0.2, 0) is 24.6 Å². The molecule has 0 bridgehead atoms.